The van der Waals surface area contributed by atoms with Gasteiger partial charge in [0.05, 0.1) is 15.9 Å². The minimum absolute atomic E-state index is 0.168. The van der Waals surface area contributed by atoms with Crippen molar-refractivity contribution in [3.05, 3.63) is 62.2 Å². The molecule has 0 bridgehead atoms. The summed E-state index contributed by atoms with van der Waals surface area (Å²) in [6.45, 7) is 5.55. The Morgan fingerprint density at radius 1 is 1.09 bits per heavy atom. The molecule has 1 saturated heterocycles. The number of nitrogens with zero attached hydrogens (tertiary/aromatic N) is 1. The van der Waals surface area contributed by atoms with Crippen LogP contribution in [0, 0.1) is 17.4 Å². The predicted molar refractivity (Wildman–Crippen MR) is 126 cm³/mol. The van der Waals surface area contributed by atoms with Gasteiger partial charge in [0.1, 0.15) is 11.3 Å². The number of benzene rings is 2. The van der Waals surface area contributed by atoms with Crippen molar-refractivity contribution >= 4 is 58.2 Å². The van der Waals surface area contributed by atoms with Gasteiger partial charge in [-0.25, -0.2) is 14.5 Å². The maximum absolute atomic E-state index is 13.0. The molecule has 4 amide bonds. The molecule has 3 rings (SSSR count). The van der Waals surface area contributed by atoms with Crippen molar-refractivity contribution in [1.29, 1.82) is 0 Å². The Balaban J connectivity index is 1.86. The van der Waals surface area contributed by atoms with Crippen LogP contribution in [0.1, 0.15) is 23.6 Å². The predicted octanol–water partition coefficient (Wildman–Crippen LogP) is 3.52. The number of aryl methyl sites for hydroxylation is 2. The quantitative estimate of drug-likeness (QED) is 0.257. The standard InChI is InChI=1S/C23H21IN2O6/c1-4-31-20(27)12-32-19-8-6-15(11-18(19)24)10-17-21(28)25-23(30)26(22(17)29)16-7-5-13(2)14(3)9-16/h5-11H,4,12H2,1-3H3,(H,25,28,30)/b17-10+. The second-order valence-corrected chi connectivity index (χ2v) is 8.17. The normalized spacial score (nSPS) is 15.1. The number of amides is 4. The zero-order valence-electron chi connectivity index (χ0n) is 17.7. The first-order chi connectivity index (χ1) is 15.2. The summed E-state index contributed by atoms with van der Waals surface area (Å²) in [5.74, 6) is -1.49. The SMILES string of the molecule is CCOC(=O)COc1ccc(/C=C2\C(=O)NC(=O)N(c3ccc(C)c(C)c3)C2=O)cc1I. The van der Waals surface area contributed by atoms with E-state index in [0.717, 1.165) is 16.0 Å². The van der Waals surface area contributed by atoms with Crippen LogP contribution >= 0.6 is 22.6 Å². The highest BCUT2D eigenvalue weighted by Crippen LogP contribution is 2.26. The fourth-order valence-corrected chi connectivity index (χ4v) is 3.68. The average molecular weight is 548 g/mol. The van der Waals surface area contributed by atoms with Crippen LogP contribution in [0.25, 0.3) is 6.08 Å². The number of rotatable bonds is 6. The Hall–Kier alpha value is -3.21. The number of esters is 1. The van der Waals surface area contributed by atoms with Gasteiger partial charge >= 0.3 is 12.0 Å². The molecule has 166 valence electrons. The Morgan fingerprint density at radius 3 is 2.50 bits per heavy atom. The molecule has 9 heteroatoms. The highest BCUT2D eigenvalue weighted by Gasteiger charge is 2.36. The number of carbonyl (C=O) groups excluding carboxylic acids is 4. The minimum atomic E-state index is -0.794. The van der Waals surface area contributed by atoms with E-state index in [-0.39, 0.29) is 18.8 Å². The summed E-state index contributed by atoms with van der Waals surface area (Å²) in [6, 6.07) is 9.37. The van der Waals surface area contributed by atoms with Crippen molar-refractivity contribution in [2.24, 2.45) is 0 Å². The first kappa shape index (κ1) is 23.5. The molecule has 8 nitrogen and oxygen atoms in total. The van der Waals surface area contributed by atoms with Crippen molar-refractivity contribution < 1.29 is 28.7 Å². The highest BCUT2D eigenvalue weighted by molar-refractivity contribution is 14.1. The lowest BCUT2D eigenvalue weighted by atomic mass is 10.1. The van der Waals surface area contributed by atoms with Gasteiger partial charge in [0, 0.05) is 0 Å². The number of hydrogen-bond donors (Lipinski definition) is 1. The Kier molecular flexibility index (Phi) is 7.29. The molecule has 1 aliphatic rings. The molecular formula is C23H21IN2O6. The number of ether oxygens (including phenoxy) is 2. The summed E-state index contributed by atoms with van der Waals surface area (Å²) in [5, 5.41) is 2.21. The van der Waals surface area contributed by atoms with Crippen molar-refractivity contribution in [2.45, 2.75) is 20.8 Å². The molecule has 0 aromatic heterocycles. The van der Waals surface area contributed by atoms with E-state index in [2.05, 4.69) is 5.32 Å². The average Bonchev–Trinajstić information content (AvgIpc) is 2.73. The summed E-state index contributed by atoms with van der Waals surface area (Å²) < 4.78 is 10.9. The maximum Gasteiger partial charge on any atom is 0.344 e. The van der Waals surface area contributed by atoms with Crippen LogP contribution < -0.4 is 15.0 Å². The van der Waals surface area contributed by atoms with E-state index in [0.29, 0.717) is 20.6 Å². The van der Waals surface area contributed by atoms with Crippen LogP contribution in [0.3, 0.4) is 0 Å². The van der Waals surface area contributed by atoms with Gasteiger partial charge in [-0.3, -0.25) is 14.9 Å². The number of anilines is 1. The monoisotopic (exact) mass is 548 g/mol. The van der Waals surface area contributed by atoms with Gasteiger partial charge in [-0.05, 0) is 90.4 Å². The number of imide groups is 2. The molecule has 0 aliphatic carbocycles. The zero-order chi connectivity index (χ0) is 23.4. The van der Waals surface area contributed by atoms with E-state index >= 15 is 0 Å². The number of nitrogens with one attached hydrogen (secondary N) is 1. The van der Waals surface area contributed by atoms with E-state index in [1.807, 2.05) is 42.5 Å². The molecule has 0 saturated carbocycles. The van der Waals surface area contributed by atoms with Crippen molar-refractivity contribution in [3.8, 4) is 5.75 Å². The Bertz CT molecular complexity index is 1140. The number of halogens is 1. The van der Waals surface area contributed by atoms with Crippen molar-refractivity contribution in [3.63, 3.8) is 0 Å². The van der Waals surface area contributed by atoms with Gasteiger partial charge in [-0.1, -0.05) is 12.1 Å². The van der Waals surface area contributed by atoms with Crippen LogP contribution in [0.5, 0.6) is 5.75 Å². The highest BCUT2D eigenvalue weighted by atomic mass is 127. The van der Waals surface area contributed by atoms with Gasteiger partial charge in [0.25, 0.3) is 11.8 Å². The third kappa shape index (κ3) is 5.16. The Labute approximate surface area is 198 Å². The van der Waals surface area contributed by atoms with Gasteiger partial charge in [0.15, 0.2) is 6.61 Å². The molecule has 0 spiro atoms. The molecule has 0 unspecified atom stereocenters. The first-order valence-electron chi connectivity index (χ1n) is 9.78. The zero-order valence-corrected chi connectivity index (χ0v) is 19.9. The number of carbonyl (C=O) groups is 4. The van der Waals surface area contributed by atoms with Crippen LogP contribution in [-0.2, 0) is 19.1 Å². The lowest BCUT2D eigenvalue weighted by Gasteiger charge is -2.26. The minimum Gasteiger partial charge on any atom is -0.481 e. The van der Waals surface area contributed by atoms with Crippen LogP contribution in [0.15, 0.2) is 42.0 Å². The van der Waals surface area contributed by atoms with Gasteiger partial charge < -0.3 is 9.47 Å². The summed E-state index contributed by atoms with van der Waals surface area (Å²) in [6.07, 6.45) is 1.41. The summed E-state index contributed by atoms with van der Waals surface area (Å²) in [7, 11) is 0. The Morgan fingerprint density at radius 2 is 1.84 bits per heavy atom. The largest absolute Gasteiger partial charge is 0.481 e. The molecule has 1 fully saturated rings. The lowest BCUT2D eigenvalue weighted by Crippen LogP contribution is -2.54. The number of hydrogen-bond acceptors (Lipinski definition) is 6. The van der Waals surface area contributed by atoms with Crippen molar-refractivity contribution in [2.75, 3.05) is 18.1 Å². The lowest BCUT2D eigenvalue weighted by molar-refractivity contribution is -0.145. The maximum atomic E-state index is 13.0. The van der Waals surface area contributed by atoms with Crippen LogP contribution in [0.4, 0.5) is 10.5 Å². The van der Waals surface area contributed by atoms with E-state index in [9.17, 15) is 19.2 Å². The summed E-state index contributed by atoms with van der Waals surface area (Å²) in [5.41, 5.74) is 2.71. The van der Waals surface area contributed by atoms with Gasteiger partial charge in [0.2, 0.25) is 0 Å². The van der Waals surface area contributed by atoms with Gasteiger partial charge in [-0.2, -0.15) is 0 Å². The topological polar surface area (TPSA) is 102 Å². The molecule has 1 N–H and O–H groups in total. The number of urea groups is 1. The molecule has 32 heavy (non-hydrogen) atoms. The molecule has 0 atom stereocenters. The van der Waals surface area contributed by atoms with Crippen LogP contribution in [-0.4, -0.2) is 37.0 Å². The molecule has 1 aliphatic heterocycles. The van der Waals surface area contributed by atoms with E-state index in [4.69, 9.17) is 9.47 Å². The van der Waals surface area contributed by atoms with Gasteiger partial charge in [-0.15, -0.1) is 0 Å². The van der Waals surface area contributed by atoms with E-state index < -0.39 is 23.8 Å². The molecule has 1 heterocycles. The fourth-order valence-electron chi connectivity index (χ4n) is 2.99. The van der Waals surface area contributed by atoms with Crippen molar-refractivity contribution in [1.82, 2.24) is 5.32 Å². The molecule has 2 aromatic rings. The number of barbiturate groups is 1. The summed E-state index contributed by atoms with van der Waals surface area (Å²) in [4.78, 5) is 50.2. The first-order valence-corrected chi connectivity index (χ1v) is 10.9. The smallest absolute Gasteiger partial charge is 0.344 e. The molecule has 2 aromatic carbocycles. The third-order valence-corrected chi connectivity index (χ3v) is 5.61. The second kappa shape index (κ2) is 9.94. The van der Waals surface area contributed by atoms with E-state index in [1.54, 1.807) is 37.3 Å². The molecule has 0 radical (unpaired) electrons. The van der Waals surface area contributed by atoms with Crippen LogP contribution in [0.2, 0.25) is 0 Å². The third-order valence-electron chi connectivity index (χ3n) is 4.77. The van der Waals surface area contributed by atoms with E-state index in [1.165, 1.54) is 6.08 Å². The summed E-state index contributed by atoms with van der Waals surface area (Å²) >= 11 is 2.03. The fraction of sp³-hybridized carbons (Fsp3) is 0.217. The molecular weight excluding hydrogens is 527 g/mol. The second-order valence-electron chi connectivity index (χ2n) is 7.01.